The van der Waals surface area contributed by atoms with E-state index in [1.165, 1.54) is 21.1 Å². The molecule has 9 heteroatoms. The van der Waals surface area contributed by atoms with Gasteiger partial charge in [-0.2, -0.15) is 17.0 Å². The van der Waals surface area contributed by atoms with Gasteiger partial charge in [-0.3, -0.25) is 9.59 Å². The van der Waals surface area contributed by atoms with Gasteiger partial charge in [0.1, 0.15) is 0 Å². The van der Waals surface area contributed by atoms with Crippen LogP contribution >= 0.6 is 0 Å². The van der Waals surface area contributed by atoms with Gasteiger partial charge in [0.05, 0.1) is 19.6 Å². The minimum absolute atomic E-state index is 0.159. The fraction of sp³-hybridized carbons (Fsp3) is 0.467. The number of carbonyl (C=O) groups is 2. The normalized spacial score (nSPS) is 11.6. The average molecular weight is 357 g/mol. The van der Waals surface area contributed by atoms with Crippen molar-refractivity contribution in [2.75, 3.05) is 39.6 Å². The molecule has 1 amide bonds. The number of hydrogen-bond donors (Lipinski definition) is 1. The Balaban J connectivity index is 2.60. The van der Waals surface area contributed by atoms with Crippen LogP contribution in [0, 0.1) is 0 Å². The van der Waals surface area contributed by atoms with Crippen LogP contribution in [0.3, 0.4) is 0 Å². The lowest BCUT2D eigenvalue weighted by Gasteiger charge is -2.20. The maximum absolute atomic E-state index is 11.9. The molecule has 0 unspecified atom stereocenters. The van der Waals surface area contributed by atoms with Gasteiger partial charge in [0.25, 0.3) is 10.2 Å². The molecule has 0 spiro atoms. The van der Waals surface area contributed by atoms with E-state index >= 15 is 0 Å². The van der Waals surface area contributed by atoms with Crippen molar-refractivity contribution in [3.63, 3.8) is 0 Å². The third-order valence-corrected chi connectivity index (χ3v) is 4.95. The number of carbonyl (C=O) groups excluding carboxylic acids is 2. The van der Waals surface area contributed by atoms with Crippen LogP contribution in [-0.4, -0.2) is 63.2 Å². The molecule has 24 heavy (non-hydrogen) atoms. The van der Waals surface area contributed by atoms with Crippen molar-refractivity contribution in [1.82, 2.24) is 8.61 Å². The molecule has 134 valence electrons. The second-order valence-electron chi connectivity index (χ2n) is 5.27. The lowest BCUT2D eigenvalue weighted by molar-refractivity contribution is -0.142. The number of amides is 1. The summed E-state index contributed by atoms with van der Waals surface area (Å²) in [5.41, 5.74) is 1.28. The fourth-order valence-corrected chi connectivity index (χ4v) is 2.69. The number of ether oxygens (including phenoxy) is 1. The van der Waals surface area contributed by atoms with E-state index in [1.807, 2.05) is 0 Å². The first-order chi connectivity index (χ1) is 11.2. The van der Waals surface area contributed by atoms with Gasteiger partial charge in [-0.25, -0.2) is 0 Å². The van der Waals surface area contributed by atoms with E-state index in [2.05, 4.69) is 5.32 Å². The first kappa shape index (κ1) is 20.1. The van der Waals surface area contributed by atoms with Crippen LogP contribution in [0.25, 0.3) is 0 Å². The molecule has 1 rings (SSSR count). The summed E-state index contributed by atoms with van der Waals surface area (Å²) in [6, 6.07) is 6.69. The van der Waals surface area contributed by atoms with Crippen LogP contribution in [0.5, 0.6) is 0 Å². The Morgan fingerprint density at radius 1 is 1.12 bits per heavy atom. The number of likely N-dealkylation sites (N-methyl/N-ethyl adjacent to an activating group) is 1. The van der Waals surface area contributed by atoms with Gasteiger partial charge >= 0.3 is 5.97 Å². The Hall–Kier alpha value is -1.97. The van der Waals surface area contributed by atoms with Crippen LogP contribution in [0.2, 0.25) is 0 Å². The van der Waals surface area contributed by atoms with E-state index in [4.69, 9.17) is 4.74 Å². The molecular formula is C15H23N3O5S. The Labute approximate surface area is 142 Å². The van der Waals surface area contributed by atoms with Crippen molar-refractivity contribution in [3.8, 4) is 0 Å². The minimum atomic E-state index is -3.64. The molecule has 0 bridgehead atoms. The van der Waals surface area contributed by atoms with Crippen LogP contribution in [0.4, 0.5) is 5.69 Å². The smallest absolute Gasteiger partial charge is 0.310 e. The van der Waals surface area contributed by atoms with Crippen molar-refractivity contribution >= 4 is 27.8 Å². The Morgan fingerprint density at radius 2 is 1.71 bits per heavy atom. The van der Waals surface area contributed by atoms with Crippen molar-refractivity contribution in [1.29, 1.82) is 0 Å². The molecule has 0 saturated heterocycles. The zero-order valence-corrected chi connectivity index (χ0v) is 15.1. The molecule has 0 aliphatic carbocycles. The summed E-state index contributed by atoms with van der Waals surface area (Å²) >= 11 is 0. The van der Waals surface area contributed by atoms with E-state index in [1.54, 1.807) is 31.2 Å². The minimum Gasteiger partial charge on any atom is -0.466 e. The number of esters is 1. The highest BCUT2D eigenvalue weighted by atomic mass is 32.2. The summed E-state index contributed by atoms with van der Waals surface area (Å²) < 4.78 is 30.5. The largest absolute Gasteiger partial charge is 0.466 e. The zero-order valence-electron chi connectivity index (χ0n) is 14.3. The monoisotopic (exact) mass is 357 g/mol. The molecule has 0 aliphatic heterocycles. The molecule has 1 aromatic carbocycles. The number of hydrogen-bond acceptors (Lipinski definition) is 5. The fourth-order valence-electron chi connectivity index (χ4n) is 1.85. The number of nitrogens with one attached hydrogen (secondary N) is 1. The van der Waals surface area contributed by atoms with Gasteiger partial charge in [-0.15, -0.1) is 0 Å². The summed E-state index contributed by atoms with van der Waals surface area (Å²) in [5, 5.41) is 2.61. The average Bonchev–Trinajstić information content (AvgIpc) is 2.49. The number of anilines is 1. The third kappa shape index (κ3) is 5.91. The van der Waals surface area contributed by atoms with Crippen LogP contribution in [0.15, 0.2) is 24.3 Å². The highest BCUT2D eigenvalue weighted by Gasteiger charge is 2.22. The summed E-state index contributed by atoms with van der Waals surface area (Å²) in [5.74, 6) is -0.772. The maximum atomic E-state index is 11.9. The molecule has 1 N–H and O–H groups in total. The molecular weight excluding hydrogens is 334 g/mol. The first-order valence-electron chi connectivity index (χ1n) is 7.35. The number of rotatable bonds is 8. The Bertz CT molecular complexity index is 671. The van der Waals surface area contributed by atoms with Crippen molar-refractivity contribution < 1.29 is 22.7 Å². The van der Waals surface area contributed by atoms with E-state index < -0.39 is 16.1 Å². The second kappa shape index (κ2) is 8.76. The molecule has 0 heterocycles. The molecule has 0 aliphatic rings. The standard InChI is InChI=1S/C15H23N3O5S/c1-5-23-15(20)10-12-6-8-13(9-7-12)16-14(19)11-18(4)24(21,22)17(2)3/h6-9H,5,10-11H2,1-4H3,(H,16,19). The molecule has 1 aromatic rings. The van der Waals surface area contributed by atoms with Crippen molar-refractivity contribution in [2.45, 2.75) is 13.3 Å². The molecule has 0 aromatic heterocycles. The topological polar surface area (TPSA) is 96.0 Å². The van der Waals surface area contributed by atoms with E-state index in [0.29, 0.717) is 12.3 Å². The Kier molecular flexibility index (Phi) is 7.33. The predicted molar refractivity (Wildman–Crippen MR) is 90.6 cm³/mol. The second-order valence-corrected chi connectivity index (χ2v) is 7.52. The van der Waals surface area contributed by atoms with Gasteiger partial charge < -0.3 is 10.1 Å². The van der Waals surface area contributed by atoms with Crippen LogP contribution < -0.4 is 5.32 Å². The molecule has 0 saturated carbocycles. The summed E-state index contributed by atoms with van der Waals surface area (Å²) in [4.78, 5) is 23.3. The lowest BCUT2D eigenvalue weighted by Crippen LogP contribution is -2.41. The zero-order chi connectivity index (χ0) is 18.3. The molecule has 0 radical (unpaired) electrons. The number of nitrogens with zero attached hydrogens (tertiary/aromatic N) is 2. The molecule has 0 fully saturated rings. The van der Waals surface area contributed by atoms with Crippen LogP contribution in [-0.2, 0) is 31.0 Å². The van der Waals surface area contributed by atoms with E-state index in [0.717, 1.165) is 14.2 Å². The van der Waals surface area contributed by atoms with Gasteiger partial charge in [0, 0.05) is 26.8 Å². The van der Waals surface area contributed by atoms with E-state index in [-0.39, 0.29) is 18.9 Å². The van der Waals surface area contributed by atoms with Gasteiger partial charge in [-0.1, -0.05) is 12.1 Å². The quantitative estimate of drug-likeness (QED) is 0.682. The lowest BCUT2D eigenvalue weighted by atomic mass is 10.1. The summed E-state index contributed by atoms with van der Waals surface area (Å²) in [7, 11) is 0.485. The highest BCUT2D eigenvalue weighted by Crippen LogP contribution is 2.11. The molecule has 8 nitrogen and oxygen atoms in total. The summed E-state index contributed by atoms with van der Waals surface area (Å²) in [6.45, 7) is 1.77. The van der Waals surface area contributed by atoms with Gasteiger partial charge in [-0.05, 0) is 24.6 Å². The SMILES string of the molecule is CCOC(=O)Cc1ccc(NC(=O)CN(C)S(=O)(=O)N(C)C)cc1. The van der Waals surface area contributed by atoms with Gasteiger partial charge in [0.15, 0.2) is 0 Å². The maximum Gasteiger partial charge on any atom is 0.310 e. The summed E-state index contributed by atoms with van der Waals surface area (Å²) in [6.07, 6.45) is 0.159. The van der Waals surface area contributed by atoms with E-state index in [9.17, 15) is 18.0 Å². The third-order valence-electron chi connectivity index (χ3n) is 3.11. The first-order valence-corrected chi connectivity index (χ1v) is 8.74. The predicted octanol–water partition coefficient (Wildman–Crippen LogP) is 0.469. The van der Waals surface area contributed by atoms with Crippen molar-refractivity contribution in [3.05, 3.63) is 29.8 Å². The van der Waals surface area contributed by atoms with Crippen LogP contribution in [0.1, 0.15) is 12.5 Å². The Morgan fingerprint density at radius 3 is 2.21 bits per heavy atom. The van der Waals surface area contributed by atoms with Crippen molar-refractivity contribution in [2.24, 2.45) is 0 Å². The highest BCUT2D eigenvalue weighted by molar-refractivity contribution is 7.86. The van der Waals surface area contributed by atoms with Gasteiger partial charge in [0.2, 0.25) is 5.91 Å². The molecule has 0 atom stereocenters. The number of benzene rings is 1.